The van der Waals surface area contributed by atoms with Crippen molar-refractivity contribution in [3.05, 3.63) is 0 Å². The number of hydrogen-bond acceptors (Lipinski definition) is 3. The number of carbonyl (C=O) groups is 2. The molecule has 1 heterocycles. The minimum absolute atomic E-state index is 0.00385. The van der Waals surface area contributed by atoms with Crippen molar-refractivity contribution in [3.8, 4) is 12.3 Å². The molecule has 1 aliphatic rings. The monoisotopic (exact) mass is 267 g/mol. The first-order chi connectivity index (χ1) is 9.06. The lowest BCUT2D eigenvalue weighted by atomic mass is 10.1. The molecule has 1 saturated heterocycles. The van der Waals surface area contributed by atoms with Gasteiger partial charge in [-0.1, -0.05) is 12.8 Å². The van der Waals surface area contributed by atoms with E-state index in [1.54, 1.807) is 0 Å². The third-order valence-corrected chi connectivity index (χ3v) is 3.25. The fourth-order valence-electron chi connectivity index (χ4n) is 2.18. The van der Waals surface area contributed by atoms with Crippen LogP contribution in [0, 0.1) is 18.3 Å². The molecule has 0 aromatic heterocycles. The molecule has 6 heteroatoms. The summed E-state index contributed by atoms with van der Waals surface area (Å²) >= 11 is 0. The maximum atomic E-state index is 11.8. The van der Waals surface area contributed by atoms with Gasteiger partial charge in [-0.05, 0) is 25.4 Å². The third kappa shape index (κ3) is 5.18. The molecule has 0 saturated carbocycles. The molecule has 1 atom stereocenters. The molecule has 1 aliphatic heterocycles. The molecule has 0 aliphatic carbocycles. The van der Waals surface area contributed by atoms with E-state index in [9.17, 15) is 9.59 Å². The quantitative estimate of drug-likeness (QED) is 0.667. The molecule has 1 rings (SSSR count). The molecule has 19 heavy (non-hydrogen) atoms. The molecule has 0 bridgehead atoms. The molecular weight excluding hydrogens is 246 g/mol. The van der Waals surface area contributed by atoms with Crippen molar-refractivity contribution < 1.29 is 14.7 Å². The first-order valence-electron chi connectivity index (χ1n) is 6.47. The Hall–Kier alpha value is -1.74. The molecule has 0 radical (unpaired) electrons. The summed E-state index contributed by atoms with van der Waals surface area (Å²) in [6.45, 7) is 5.36. The number of aliphatic carboxylic acids is 1. The molecule has 6 nitrogen and oxygen atoms in total. The Morgan fingerprint density at radius 1 is 1.58 bits per heavy atom. The van der Waals surface area contributed by atoms with Crippen molar-refractivity contribution in [2.24, 2.45) is 5.92 Å². The fourth-order valence-corrected chi connectivity index (χ4v) is 2.18. The standard InChI is InChI=1S/C13H21N3O3/c1-3-6-16(10-12(17)18)13(19)14-8-11-5-7-15(4-2)9-11/h1,11H,4-10H2,2H3,(H,14,19)(H,17,18). The van der Waals surface area contributed by atoms with E-state index in [1.807, 2.05) is 0 Å². The highest BCUT2D eigenvalue weighted by Gasteiger charge is 2.22. The number of rotatable bonds is 6. The minimum atomic E-state index is -1.07. The van der Waals surface area contributed by atoms with Crippen LogP contribution in [-0.4, -0.2) is 66.2 Å². The van der Waals surface area contributed by atoms with Gasteiger partial charge in [-0.15, -0.1) is 6.42 Å². The number of carbonyl (C=O) groups excluding carboxylic acids is 1. The van der Waals surface area contributed by atoms with Crippen LogP contribution >= 0.6 is 0 Å². The van der Waals surface area contributed by atoms with Crippen molar-refractivity contribution in [2.75, 3.05) is 39.3 Å². The van der Waals surface area contributed by atoms with Crippen LogP contribution in [0.2, 0.25) is 0 Å². The average molecular weight is 267 g/mol. The van der Waals surface area contributed by atoms with Crippen LogP contribution in [0.25, 0.3) is 0 Å². The Labute approximate surface area is 113 Å². The van der Waals surface area contributed by atoms with Crippen molar-refractivity contribution in [2.45, 2.75) is 13.3 Å². The van der Waals surface area contributed by atoms with E-state index < -0.39 is 12.0 Å². The lowest BCUT2D eigenvalue weighted by Gasteiger charge is -2.20. The maximum Gasteiger partial charge on any atom is 0.323 e. The van der Waals surface area contributed by atoms with Crippen LogP contribution in [0.4, 0.5) is 4.79 Å². The summed E-state index contributed by atoms with van der Waals surface area (Å²) in [4.78, 5) is 25.9. The second-order valence-electron chi connectivity index (χ2n) is 4.69. The topological polar surface area (TPSA) is 72.9 Å². The van der Waals surface area contributed by atoms with Crippen LogP contribution in [-0.2, 0) is 4.79 Å². The number of nitrogens with zero attached hydrogens (tertiary/aromatic N) is 2. The Balaban J connectivity index is 2.36. The zero-order valence-electron chi connectivity index (χ0n) is 11.3. The smallest absolute Gasteiger partial charge is 0.323 e. The van der Waals surface area contributed by atoms with Gasteiger partial charge in [0, 0.05) is 13.1 Å². The van der Waals surface area contributed by atoms with E-state index in [0.29, 0.717) is 12.5 Å². The first-order valence-corrected chi connectivity index (χ1v) is 6.47. The average Bonchev–Trinajstić information content (AvgIpc) is 2.83. The third-order valence-electron chi connectivity index (χ3n) is 3.25. The minimum Gasteiger partial charge on any atom is -0.480 e. The lowest BCUT2D eigenvalue weighted by Crippen LogP contribution is -2.44. The number of nitrogens with one attached hydrogen (secondary N) is 1. The maximum absolute atomic E-state index is 11.8. The summed E-state index contributed by atoms with van der Waals surface area (Å²) in [5.74, 6) is 1.66. The number of hydrogen-bond donors (Lipinski definition) is 2. The fraction of sp³-hybridized carbons (Fsp3) is 0.692. The Bertz CT molecular complexity index is 365. The molecule has 0 aromatic carbocycles. The van der Waals surface area contributed by atoms with Gasteiger partial charge in [-0.2, -0.15) is 0 Å². The zero-order chi connectivity index (χ0) is 14.3. The second kappa shape index (κ2) is 7.64. The highest BCUT2D eigenvalue weighted by molar-refractivity contribution is 5.80. The summed E-state index contributed by atoms with van der Waals surface area (Å²) < 4.78 is 0. The molecule has 1 fully saturated rings. The van der Waals surface area contributed by atoms with Gasteiger partial charge in [-0.3, -0.25) is 4.79 Å². The van der Waals surface area contributed by atoms with Gasteiger partial charge in [-0.25, -0.2) is 4.79 Å². The number of urea groups is 1. The normalized spacial score (nSPS) is 18.8. The number of likely N-dealkylation sites (tertiary alicyclic amines) is 1. The molecule has 1 unspecified atom stereocenters. The van der Waals surface area contributed by atoms with E-state index in [0.717, 1.165) is 31.0 Å². The number of carboxylic acid groups (broad SMARTS) is 1. The van der Waals surface area contributed by atoms with Gasteiger partial charge in [0.2, 0.25) is 0 Å². The summed E-state index contributed by atoms with van der Waals surface area (Å²) in [6.07, 6.45) is 6.18. The van der Waals surface area contributed by atoms with Gasteiger partial charge >= 0.3 is 12.0 Å². The van der Waals surface area contributed by atoms with Crippen LogP contribution in [0.3, 0.4) is 0 Å². The molecule has 0 aromatic rings. The van der Waals surface area contributed by atoms with E-state index in [2.05, 4.69) is 23.1 Å². The van der Waals surface area contributed by atoms with Crippen LogP contribution in [0.15, 0.2) is 0 Å². The SMILES string of the molecule is C#CCN(CC(=O)O)C(=O)NCC1CCN(CC)C1. The van der Waals surface area contributed by atoms with Crippen LogP contribution in [0.5, 0.6) is 0 Å². The first kappa shape index (κ1) is 15.3. The highest BCUT2D eigenvalue weighted by Crippen LogP contribution is 2.14. The number of terminal acetylenes is 1. The van der Waals surface area contributed by atoms with E-state index in [4.69, 9.17) is 11.5 Å². The molecule has 0 spiro atoms. The van der Waals surface area contributed by atoms with Crippen molar-refractivity contribution in [1.82, 2.24) is 15.1 Å². The van der Waals surface area contributed by atoms with Gasteiger partial charge in [0.25, 0.3) is 0 Å². The highest BCUT2D eigenvalue weighted by atomic mass is 16.4. The van der Waals surface area contributed by atoms with Gasteiger partial charge < -0.3 is 20.2 Å². The van der Waals surface area contributed by atoms with Crippen molar-refractivity contribution >= 4 is 12.0 Å². The Morgan fingerprint density at radius 2 is 2.32 bits per heavy atom. The predicted octanol–water partition coefficient (Wildman–Crippen LogP) is 0.0576. The Kier molecular flexibility index (Phi) is 6.16. The number of carboxylic acids is 1. The second-order valence-corrected chi connectivity index (χ2v) is 4.69. The van der Waals surface area contributed by atoms with E-state index >= 15 is 0 Å². The van der Waals surface area contributed by atoms with Gasteiger partial charge in [0.1, 0.15) is 6.54 Å². The summed E-state index contributed by atoms with van der Waals surface area (Å²) in [5.41, 5.74) is 0. The van der Waals surface area contributed by atoms with Crippen LogP contribution < -0.4 is 5.32 Å². The largest absolute Gasteiger partial charge is 0.480 e. The van der Waals surface area contributed by atoms with E-state index in [1.165, 1.54) is 0 Å². The summed E-state index contributed by atoms with van der Waals surface area (Å²) in [5, 5.41) is 11.5. The number of amides is 2. The lowest BCUT2D eigenvalue weighted by molar-refractivity contribution is -0.137. The van der Waals surface area contributed by atoms with Gasteiger partial charge in [0.15, 0.2) is 0 Å². The molecule has 106 valence electrons. The zero-order valence-corrected chi connectivity index (χ0v) is 11.3. The van der Waals surface area contributed by atoms with Crippen LogP contribution in [0.1, 0.15) is 13.3 Å². The molecule has 2 amide bonds. The van der Waals surface area contributed by atoms with E-state index in [-0.39, 0.29) is 13.1 Å². The predicted molar refractivity (Wildman–Crippen MR) is 71.7 cm³/mol. The Morgan fingerprint density at radius 3 is 2.84 bits per heavy atom. The summed E-state index contributed by atoms with van der Waals surface area (Å²) in [7, 11) is 0. The molecule has 2 N–H and O–H groups in total. The summed E-state index contributed by atoms with van der Waals surface area (Å²) in [6, 6.07) is -0.407. The van der Waals surface area contributed by atoms with Gasteiger partial charge in [0.05, 0.1) is 6.54 Å². The van der Waals surface area contributed by atoms with Crippen molar-refractivity contribution in [3.63, 3.8) is 0 Å². The molecular formula is C13H21N3O3. The van der Waals surface area contributed by atoms with Crippen molar-refractivity contribution in [1.29, 1.82) is 0 Å².